The number of amides is 1. The molecular formula is C18H23N5O2. The highest BCUT2D eigenvalue weighted by atomic mass is 16.3. The Kier molecular flexibility index (Phi) is 5.45. The van der Waals surface area contributed by atoms with E-state index in [0.717, 1.165) is 17.9 Å². The molecule has 1 amide bonds. The van der Waals surface area contributed by atoms with Gasteiger partial charge < -0.3 is 20.2 Å². The van der Waals surface area contributed by atoms with Gasteiger partial charge in [-0.15, -0.1) is 0 Å². The number of aliphatic hydroxyl groups excluding tert-OH is 1. The predicted octanol–water partition coefficient (Wildman–Crippen LogP) is 0.943. The number of carbonyl (C=O) groups excluding carboxylic acids is 1. The van der Waals surface area contributed by atoms with Gasteiger partial charge in [0.1, 0.15) is 18.0 Å². The molecule has 2 aromatic rings. The number of nitrogens with zero attached hydrogens (tertiary/aromatic N) is 4. The van der Waals surface area contributed by atoms with Crippen LogP contribution in [0.4, 0.5) is 11.6 Å². The molecule has 25 heavy (non-hydrogen) atoms. The first-order chi connectivity index (χ1) is 12.2. The Balaban J connectivity index is 1.64. The van der Waals surface area contributed by atoms with Crippen molar-refractivity contribution in [1.29, 1.82) is 0 Å². The highest BCUT2D eigenvalue weighted by molar-refractivity contribution is 5.82. The van der Waals surface area contributed by atoms with Gasteiger partial charge in [-0.2, -0.15) is 0 Å². The Morgan fingerprint density at radius 1 is 1.24 bits per heavy atom. The molecule has 132 valence electrons. The molecule has 1 saturated heterocycles. The summed E-state index contributed by atoms with van der Waals surface area (Å²) in [5, 5.41) is 12.9. The van der Waals surface area contributed by atoms with Gasteiger partial charge in [0, 0.05) is 38.7 Å². The van der Waals surface area contributed by atoms with Gasteiger partial charge in [0.05, 0.1) is 13.2 Å². The minimum Gasteiger partial charge on any atom is -0.396 e. The molecule has 2 heterocycles. The molecule has 1 aromatic carbocycles. The van der Waals surface area contributed by atoms with Crippen molar-refractivity contribution in [3.63, 3.8) is 0 Å². The van der Waals surface area contributed by atoms with Crippen LogP contribution in [0.25, 0.3) is 0 Å². The second kappa shape index (κ2) is 7.94. The summed E-state index contributed by atoms with van der Waals surface area (Å²) in [6.07, 6.45) is 1.50. The molecule has 1 atom stereocenters. The largest absolute Gasteiger partial charge is 0.396 e. The van der Waals surface area contributed by atoms with E-state index in [2.05, 4.69) is 15.3 Å². The first-order valence-corrected chi connectivity index (χ1v) is 8.38. The van der Waals surface area contributed by atoms with Crippen LogP contribution < -0.4 is 10.2 Å². The van der Waals surface area contributed by atoms with E-state index in [1.54, 1.807) is 4.90 Å². The quantitative estimate of drug-likeness (QED) is 0.814. The molecule has 0 saturated carbocycles. The van der Waals surface area contributed by atoms with Crippen LogP contribution >= 0.6 is 0 Å². The fourth-order valence-electron chi connectivity index (χ4n) is 2.81. The van der Waals surface area contributed by atoms with Gasteiger partial charge in [-0.25, -0.2) is 9.97 Å². The zero-order chi connectivity index (χ0) is 17.6. The maximum Gasteiger partial charge on any atom is 0.241 e. The number of likely N-dealkylation sites (N-methyl/N-ethyl adjacent to an activating group) is 1. The van der Waals surface area contributed by atoms with Gasteiger partial charge in [-0.05, 0) is 5.56 Å². The summed E-state index contributed by atoms with van der Waals surface area (Å²) < 4.78 is 0. The normalized spacial score (nSPS) is 16.0. The number of hydrogen-bond acceptors (Lipinski definition) is 6. The topological polar surface area (TPSA) is 81.6 Å². The smallest absolute Gasteiger partial charge is 0.241 e. The molecule has 7 nitrogen and oxygen atoms in total. The van der Waals surface area contributed by atoms with Crippen LogP contribution in [0, 0.1) is 0 Å². The van der Waals surface area contributed by atoms with Crippen molar-refractivity contribution >= 4 is 17.5 Å². The second-order valence-corrected chi connectivity index (χ2v) is 6.17. The molecule has 1 unspecified atom stereocenters. The number of piperazine rings is 1. The zero-order valence-corrected chi connectivity index (χ0v) is 14.3. The van der Waals surface area contributed by atoms with E-state index in [1.165, 1.54) is 6.33 Å². The summed E-state index contributed by atoms with van der Waals surface area (Å²) >= 11 is 0. The van der Waals surface area contributed by atoms with Gasteiger partial charge in [0.25, 0.3) is 0 Å². The van der Waals surface area contributed by atoms with Crippen molar-refractivity contribution in [3.05, 3.63) is 48.3 Å². The lowest BCUT2D eigenvalue weighted by Gasteiger charge is -2.32. The molecule has 0 bridgehead atoms. The standard InChI is InChI=1S/C18H23N5O2/c1-22-7-8-23(11-18(22)25)17-9-16(20-13-21-17)19-10-15(12-24)14-5-3-2-4-6-14/h2-6,9,13,15,24H,7-8,10-12H2,1H3,(H,19,20,21). The summed E-state index contributed by atoms with van der Waals surface area (Å²) in [5.41, 5.74) is 1.08. The molecule has 1 aliphatic heterocycles. The molecule has 0 radical (unpaired) electrons. The number of benzene rings is 1. The van der Waals surface area contributed by atoms with E-state index in [-0.39, 0.29) is 18.4 Å². The minimum atomic E-state index is -0.00942. The highest BCUT2D eigenvalue weighted by Gasteiger charge is 2.22. The number of nitrogens with one attached hydrogen (secondary N) is 1. The van der Waals surface area contributed by atoms with Crippen molar-refractivity contribution in [3.8, 4) is 0 Å². The lowest BCUT2D eigenvalue weighted by atomic mass is 10.0. The summed E-state index contributed by atoms with van der Waals surface area (Å²) in [7, 11) is 1.81. The zero-order valence-electron chi connectivity index (χ0n) is 14.3. The number of anilines is 2. The van der Waals surface area contributed by atoms with Gasteiger partial charge in [-0.3, -0.25) is 4.79 Å². The van der Waals surface area contributed by atoms with Gasteiger partial charge >= 0.3 is 0 Å². The Bertz CT molecular complexity index is 710. The van der Waals surface area contributed by atoms with Crippen LogP contribution in [-0.4, -0.2) is 65.7 Å². The van der Waals surface area contributed by atoms with Crippen LogP contribution in [-0.2, 0) is 4.79 Å². The van der Waals surface area contributed by atoms with Crippen molar-refractivity contribution in [2.75, 3.05) is 50.1 Å². The fourth-order valence-corrected chi connectivity index (χ4v) is 2.81. The molecular weight excluding hydrogens is 318 g/mol. The van der Waals surface area contributed by atoms with Crippen LogP contribution in [0.1, 0.15) is 11.5 Å². The monoisotopic (exact) mass is 341 g/mol. The van der Waals surface area contributed by atoms with Crippen molar-refractivity contribution in [1.82, 2.24) is 14.9 Å². The van der Waals surface area contributed by atoms with E-state index in [0.29, 0.717) is 25.5 Å². The number of aliphatic hydroxyl groups is 1. The van der Waals surface area contributed by atoms with E-state index >= 15 is 0 Å². The van der Waals surface area contributed by atoms with E-state index in [4.69, 9.17) is 0 Å². The van der Waals surface area contributed by atoms with Gasteiger partial charge in [0.2, 0.25) is 5.91 Å². The first-order valence-electron chi connectivity index (χ1n) is 8.38. The van der Waals surface area contributed by atoms with Crippen LogP contribution in [0.5, 0.6) is 0 Å². The van der Waals surface area contributed by atoms with Crippen LogP contribution in [0.3, 0.4) is 0 Å². The Morgan fingerprint density at radius 3 is 2.76 bits per heavy atom. The summed E-state index contributed by atoms with van der Waals surface area (Å²) in [6, 6.07) is 11.7. The maximum absolute atomic E-state index is 11.9. The summed E-state index contributed by atoms with van der Waals surface area (Å²) in [5.74, 6) is 1.50. The first kappa shape index (κ1) is 17.2. The Labute approximate surface area is 147 Å². The molecule has 3 rings (SSSR count). The predicted molar refractivity (Wildman–Crippen MR) is 96.6 cm³/mol. The number of hydrogen-bond donors (Lipinski definition) is 2. The maximum atomic E-state index is 11.9. The SMILES string of the molecule is CN1CCN(c2cc(NCC(CO)c3ccccc3)ncn2)CC1=O. The van der Waals surface area contributed by atoms with Crippen molar-refractivity contribution in [2.45, 2.75) is 5.92 Å². The van der Waals surface area contributed by atoms with Gasteiger partial charge in [0.15, 0.2) is 0 Å². The lowest BCUT2D eigenvalue weighted by Crippen LogP contribution is -2.48. The summed E-state index contributed by atoms with van der Waals surface area (Å²) in [6.45, 7) is 2.39. The molecule has 0 aliphatic carbocycles. The third-order valence-electron chi connectivity index (χ3n) is 4.45. The molecule has 1 aliphatic rings. The molecule has 1 fully saturated rings. The Morgan fingerprint density at radius 2 is 2.04 bits per heavy atom. The minimum absolute atomic E-state index is 0.00942. The Hall–Kier alpha value is -2.67. The van der Waals surface area contributed by atoms with Crippen molar-refractivity contribution in [2.24, 2.45) is 0 Å². The molecule has 7 heteroatoms. The highest BCUT2D eigenvalue weighted by Crippen LogP contribution is 2.19. The molecule has 2 N–H and O–H groups in total. The third kappa shape index (κ3) is 4.24. The number of aromatic nitrogens is 2. The fraction of sp³-hybridized carbons (Fsp3) is 0.389. The van der Waals surface area contributed by atoms with Crippen molar-refractivity contribution < 1.29 is 9.90 Å². The third-order valence-corrected chi connectivity index (χ3v) is 4.45. The second-order valence-electron chi connectivity index (χ2n) is 6.17. The van der Waals surface area contributed by atoms with E-state index in [9.17, 15) is 9.90 Å². The van der Waals surface area contributed by atoms with Gasteiger partial charge in [-0.1, -0.05) is 30.3 Å². The van der Waals surface area contributed by atoms with Crippen LogP contribution in [0.15, 0.2) is 42.7 Å². The molecule has 0 spiro atoms. The number of carbonyl (C=O) groups is 1. The lowest BCUT2D eigenvalue weighted by molar-refractivity contribution is -0.129. The average Bonchev–Trinajstić information content (AvgIpc) is 2.65. The average molecular weight is 341 g/mol. The van der Waals surface area contributed by atoms with Crippen LogP contribution in [0.2, 0.25) is 0 Å². The number of rotatable bonds is 6. The van der Waals surface area contributed by atoms with E-state index < -0.39 is 0 Å². The molecule has 1 aromatic heterocycles. The summed E-state index contributed by atoms with van der Waals surface area (Å²) in [4.78, 5) is 24.1. The van der Waals surface area contributed by atoms with E-state index in [1.807, 2.05) is 48.3 Å².